The van der Waals surface area contributed by atoms with E-state index in [9.17, 15) is 15.0 Å². The van der Waals surface area contributed by atoms with E-state index < -0.39 is 11.6 Å². The van der Waals surface area contributed by atoms with E-state index in [-0.39, 0.29) is 17.9 Å². The minimum absolute atomic E-state index is 0.0827. The van der Waals surface area contributed by atoms with Gasteiger partial charge in [-0.3, -0.25) is 4.98 Å². The number of nitrogens with zero attached hydrogens (tertiary/aromatic N) is 3. The topological polar surface area (TPSA) is 88.2 Å². The molecule has 0 aliphatic rings. The summed E-state index contributed by atoms with van der Waals surface area (Å²) >= 11 is 18.6. The molecular formula is C21H20Cl3N3O3. The first-order valence-corrected chi connectivity index (χ1v) is 10.4. The molecule has 2 heterocycles. The van der Waals surface area contributed by atoms with Gasteiger partial charge in [-0.1, -0.05) is 48.7 Å². The minimum Gasteiger partial charge on any atom is -0.477 e. The van der Waals surface area contributed by atoms with Crippen LogP contribution in [0.3, 0.4) is 0 Å². The van der Waals surface area contributed by atoms with Gasteiger partial charge >= 0.3 is 5.97 Å². The predicted molar refractivity (Wildman–Crippen MR) is 117 cm³/mol. The molecule has 1 aromatic carbocycles. The van der Waals surface area contributed by atoms with E-state index in [0.717, 1.165) is 0 Å². The molecule has 6 nitrogen and oxygen atoms in total. The van der Waals surface area contributed by atoms with Gasteiger partial charge in [0, 0.05) is 28.0 Å². The van der Waals surface area contributed by atoms with Gasteiger partial charge < -0.3 is 14.8 Å². The van der Waals surface area contributed by atoms with Crippen molar-refractivity contribution in [2.75, 3.05) is 0 Å². The third-order valence-electron chi connectivity index (χ3n) is 5.08. The lowest BCUT2D eigenvalue weighted by atomic mass is 9.92. The van der Waals surface area contributed by atoms with E-state index >= 15 is 0 Å². The molecule has 0 bridgehead atoms. The molecule has 0 saturated carbocycles. The standard InChI is InChI=1S/C21H20Cl3N3O3/c1-3-21(30,4-2)18-17(20(28)29)27(11-13-8-14(22)5-6-16(13)24)19(26-18)12-7-15(23)10-25-9-12/h5-10,30H,3-4,11H2,1-2H3,(H,28,29). The number of aromatic carboxylic acids is 1. The number of carboxylic acids is 1. The molecule has 158 valence electrons. The molecule has 0 spiro atoms. The van der Waals surface area contributed by atoms with Gasteiger partial charge in [0.05, 0.1) is 11.6 Å². The van der Waals surface area contributed by atoms with E-state index in [1.807, 2.05) is 0 Å². The third kappa shape index (κ3) is 4.32. The summed E-state index contributed by atoms with van der Waals surface area (Å²) in [5.41, 5.74) is -0.301. The zero-order valence-corrected chi connectivity index (χ0v) is 18.6. The number of halogens is 3. The Morgan fingerprint density at radius 2 is 1.80 bits per heavy atom. The van der Waals surface area contributed by atoms with Crippen LogP contribution in [0.2, 0.25) is 15.1 Å². The number of hydrogen-bond donors (Lipinski definition) is 2. The van der Waals surface area contributed by atoms with Gasteiger partial charge in [-0.2, -0.15) is 0 Å². The van der Waals surface area contributed by atoms with Crippen LogP contribution in [0.5, 0.6) is 0 Å². The monoisotopic (exact) mass is 467 g/mol. The average molecular weight is 469 g/mol. The summed E-state index contributed by atoms with van der Waals surface area (Å²) in [7, 11) is 0. The van der Waals surface area contributed by atoms with Crippen molar-refractivity contribution in [3.8, 4) is 11.4 Å². The fraction of sp³-hybridized carbons (Fsp3) is 0.286. The highest BCUT2D eigenvalue weighted by atomic mass is 35.5. The van der Waals surface area contributed by atoms with Crippen LogP contribution in [-0.2, 0) is 12.1 Å². The first kappa shape index (κ1) is 22.6. The second-order valence-electron chi connectivity index (χ2n) is 6.89. The largest absolute Gasteiger partial charge is 0.477 e. The number of pyridine rings is 1. The van der Waals surface area contributed by atoms with E-state index in [0.29, 0.717) is 44.9 Å². The Labute approximate surface area is 189 Å². The van der Waals surface area contributed by atoms with Crippen LogP contribution in [0.4, 0.5) is 0 Å². The second kappa shape index (κ2) is 8.94. The molecule has 0 atom stereocenters. The van der Waals surface area contributed by atoms with E-state index in [4.69, 9.17) is 34.8 Å². The molecule has 0 saturated heterocycles. The summed E-state index contributed by atoms with van der Waals surface area (Å²) in [4.78, 5) is 20.9. The third-order valence-corrected chi connectivity index (χ3v) is 5.89. The zero-order valence-electron chi connectivity index (χ0n) is 16.4. The lowest BCUT2D eigenvalue weighted by molar-refractivity contribution is 0.0219. The molecule has 0 fully saturated rings. The van der Waals surface area contributed by atoms with E-state index in [1.165, 1.54) is 17.0 Å². The average Bonchev–Trinajstić information content (AvgIpc) is 3.10. The van der Waals surface area contributed by atoms with Gasteiger partial charge in [0.1, 0.15) is 17.1 Å². The number of aliphatic hydroxyl groups is 1. The lowest BCUT2D eigenvalue weighted by Crippen LogP contribution is -2.27. The van der Waals surface area contributed by atoms with Gasteiger partial charge in [0.2, 0.25) is 0 Å². The van der Waals surface area contributed by atoms with Crippen molar-refractivity contribution in [2.24, 2.45) is 0 Å². The van der Waals surface area contributed by atoms with Crippen LogP contribution >= 0.6 is 34.8 Å². The summed E-state index contributed by atoms with van der Waals surface area (Å²) in [5, 5.41) is 22.4. The molecule has 3 rings (SSSR count). The highest BCUT2D eigenvalue weighted by molar-refractivity contribution is 6.33. The van der Waals surface area contributed by atoms with Crippen LogP contribution in [0.25, 0.3) is 11.4 Å². The first-order chi connectivity index (χ1) is 14.2. The number of hydrogen-bond acceptors (Lipinski definition) is 4. The Bertz CT molecular complexity index is 1090. The summed E-state index contributed by atoms with van der Waals surface area (Å²) in [5.74, 6) is -0.897. The number of benzene rings is 1. The summed E-state index contributed by atoms with van der Waals surface area (Å²) in [6, 6.07) is 6.60. The van der Waals surface area contributed by atoms with Crippen LogP contribution in [0.1, 0.15) is 48.4 Å². The maximum Gasteiger partial charge on any atom is 0.354 e. The fourth-order valence-corrected chi connectivity index (χ4v) is 3.87. The van der Waals surface area contributed by atoms with Gasteiger partial charge in [-0.25, -0.2) is 9.78 Å². The molecule has 2 aromatic heterocycles. The van der Waals surface area contributed by atoms with Gasteiger partial charge in [-0.15, -0.1) is 0 Å². The molecule has 2 N–H and O–H groups in total. The quantitative estimate of drug-likeness (QED) is 0.467. The number of aromatic nitrogens is 3. The van der Waals surface area contributed by atoms with Crippen LogP contribution < -0.4 is 0 Å². The molecule has 30 heavy (non-hydrogen) atoms. The molecule has 0 radical (unpaired) electrons. The van der Waals surface area contributed by atoms with Crippen molar-refractivity contribution < 1.29 is 15.0 Å². The molecule has 9 heteroatoms. The van der Waals surface area contributed by atoms with E-state index in [2.05, 4.69) is 9.97 Å². The van der Waals surface area contributed by atoms with Gasteiger partial charge in [0.25, 0.3) is 0 Å². The van der Waals surface area contributed by atoms with Crippen molar-refractivity contribution in [1.82, 2.24) is 14.5 Å². The van der Waals surface area contributed by atoms with Crippen molar-refractivity contribution in [3.63, 3.8) is 0 Å². The number of carbonyl (C=O) groups is 1. The first-order valence-electron chi connectivity index (χ1n) is 9.31. The Balaban J connectivity index is 2.32. The SMILES string of the molecule is CCC(O)(CC)c1nc(-c2cncc(Cl)c2)n(Cc2cc(Cl)ccc2Cl)c1C(=O)O. The van der Waals surface area contributed by atoms with Crippen molar-refractivity contribution in [1.29, 1.82) is 0 Å². The highest BCUT2D eigenvalue weighted by Crippen LogP contribution is 2.35. The molecule has 0 unspecified atom stereocenters. The Morgan fingerprint density at radius 3 is 2.40 bits per heavy atom. The number of imidazole rings is 1. The highest BCUT2D eigenvalue weighted by Gasteiger charge is 2.36. The second-order valence-corrected chi connectivity index (χ2v) is 8.17. The number of carboxylic acid groups (broad SMARTS) is 1. The maximum atomic E-state index is 12.3. The predicted octanol–water partition coefficient (Wildman–Crippen LogP) is 5.66. The summed E-state index contributed by atoms with van der Waals surface area (Å²) in [6.07, 6.45) is 3.61. The normalized spacial score (nSPS) is 11.7. The Morgan fingerprint density at radius 1 is 1.10 bits per heavy atom. The zero-order chi connectivity index (χ0) is 22.1. The Hall–Kier alpha value is -2.12. The summed E-state index contributed by atoms with van der Waals surface area (Å²) < 4.78 is 1.50. The molecule has 3 aromatic rings. The fourth-order valence-electron chi connectivity index (χ4n) is 3.32. The van der Waals surface area contributed by atoms with Crippen LogP contribution in [0.15, 0.2) is 36.7 Å². The molecule has 0 aliphatic heterocycles. The van der Waals surface area contributed by atoms with Crippen molar-refractivity contribution in [3.05, 3.63) is 68.7 Å². The Kier molecular flexibility index (Phi) is 6.72. The van der Waals surface area contributed by atoms with Gasteiger partial charge in [0.15, 0.2) is 5.69 Å². The van der Waals surface area contributed by atoms with Crippen molar-refractivity contribution in [2.45, 2.75) is 38.8 Å². The smallest absolute Gasteiger partial charge is 0.354 e. The summed E-state index contributed by atoms with van der Waals surface area (Å²) in [6.45, 7) is 3.64. The minimum atomic E-state index is -1.40. The molecule has 0 amide bonds. The number of rotatable bonds is 7. The van der Waals surface area contributed by atoms with Gasteiger partial charge in [-0.05, 0) is 42.7 Å². The van der Waals surface area contributed by atoms with E-state index in [1.54, 1.807) is 38.1 Å². The molecular weight excluding hydrogens is 449 g/mol. The van der Waals surface area contributed by atoms with Crippen LogP contribution in [0, 0.1) is 0 Å². The van der Waals surface area contributed by atoms with Crippen LogP contribution in [-0.4, -0.2) is 30.7 Å². The molecule has 0 aliphatic carbocycles. The van der Waals surface area contributed by atoms with Crippen molar-refractivity contribution >= 4 is 40.8 Å². The maximum absolute atomic E-state index is 12.3. The lowest BCUT2D eigenvalue weighted by Gasteiger charge is -2.24.